The minimum atomic E-state index is 0.636. The lowest BCUT2D eigenvalue weighted by Crippen LogP contribution is -2.35. The molecule has 0 unspecified atom stereocenters. The van der Waals surface area contributed by atoms with E-state index in [1.54, 1.807) is 0 Å². The zero-order valence-electron chi connectivity index (χ0n) is 17.5. The maximum Gasteiger partial charge on any atom is 0.220 e. The van der Waals surface area contributed by atoms with Crippen LogP contribution in [-0.4, -0.2) is 0 Å². The molecule has 1 saturated carbocycles. The summed E-state index contributed by atoms with van der Waals surface area (Å²) in [5, 5.41) is 2.24. The Labute approximate surface area is 159 Å². The Morgan fingerprint density at radius 1 is 0.962 bits per heavy atom. The van der Waals surface area contributed by atoms with Gasteiger partial charge in [0, 0.05) is 18.5 Å². The number of aromatic nitrogens is 1. The second-order valence-electron chi connectivity index (χ2n) is 8.08. The molecule has 134 valence electrons. The fraction of sp³-hybridized carbons (Fsp3) is 0.400. The molecule has 0 bridgehead atoms. The first-order valence-corrected chi connectivity index (χ1v) is 9.98. The largest absolute Gasteiger partial charge is 0.220 e. The number of benzene rings is 2. The Morgan fingerprint density at radius 2 is 1.73 bits per heavy atom. The van der Waals surface area contributed by atoms with Crippen LogP contribution in [0.2, 0.25) is 0 Å². The van der Waals surface area contributed by atoms with E-state index in [9.17, 15) is 0 Å². The van der Waals surface area contributed by atoms with Gasteiger partial charge in [0.15, 0.2) is 5.69 Å². The van der Waals surface area contributed by atoms with E-state index in [2.05, 4.69) is 68.8 Å². The molecule has 2 aromatic carbocycles. The summed E-state index contributed by atoms with van der Waals surface area (Å²) in [6, 6.07) is 14.2. The van der Waals surface area contributed by atoms with Crippen molar-refractivity contribution in [3.05, 3.63) is 64.8 Å². The Kier molecular flexibility index (Phi) is 4.24. The van der Waals surface area contributed by atoms with Crippen molar-refractivity contribution < 1.29 is 5.94 Å². The van der Waals surface area contributed by atoms with Gasteiger partial charge in [0.2, 0.25) is 5.69 Å². The van der Waals surface area contributed by atoms with Gasteiger partial charge in [-0.3, -0.25) is 0 Å². The molecule has 1 nitrogen and oxygen atoms in total. The van der Waals surface area contributed by atoms with Gasteiger partial charge in [0.25, 0.3) is 0 Å². The molecule has 1 heterocycles. The zero-order valence-corrected chi connectivity index (χ0v) is 16.5. The molecule has 4 rings (SSSR count). The molecule has 0 saturated heterocycles. The maximum atomic E-state index is 8.59. The van der Waals surface area contributed by atoms with E-state index in [4.69, 9.17) is 1.37 Å². The molecular weight excluding hydrogens is 314 g/mol. The standard InChI is InChI=1S/C25H30N/c1-17-10-12-22-15-19(3)26(4)25(24(22)14-17)23-16-21(13-11-18(23)2)20-8-6-5-7-9-20/h10-16,20H,5-9H2,1-4H3/q+1/i15D. The van der Waals surface area contributed by atoms with Crippen LogP contribution in [0.4, 0.5) is 0 Å². The van der Waals surface area contributed by atoms with E-state index < -0.39 is 0 Å². The van der Waals surface area contributed by atoms with Gasteiger partial charge in [-0.1, -0.05) is 49.1 Å². The molecule has 3 aromatic rings. The Balaban J connectivity index is 1.98. The lowest BCUT2D eigenvalue weighted by Gasteiger charge is -2.23. The highest BCUT2D eigenvalue weighted by Crippen LogP contribution is 2.36. The van der Waals surface area contributed by atoms with Crippen LogP contribution >= 0.6 is 0 Å². The van der Waals surface area contributed by atoms with Crippen LogP contribution in [0.5, 0.6) is 0 Å². The van der Waals surface area contributed by atoms with E-state index in [0.29, 0.717) is 12.0 Å². The third-order valence-corrected chi connectivity index (χ3v) is 6.18. The van der Waals surface area contributed by atoms with Crippen LogP contribution in [-0.2, 0) is 7.05 Å². The first-order valence-electron chi connectivity index (χ1n) is 10.5. The van der Waals surface area contributed by atoms with Crippen LogP contribution in [0.1, 0.15) is 61.8 Å². The molecule has 0 spiro atoms. The van der Waals surface area contributed by atoms with Gasteiger partial charge in [-0.25, -0.2) is 0 Å². The highest BCUT2D eigenvalue weighted by atomic mass is 14.9. The molecular formula is C25H30N+. The summed E-state index contributed by atoms with van der Waals surface area (Å²) in [4.78, 5) is 0. The summed E-state index contributed by atoms with van der Waals surface area (Å²) in [5.41, 5.74) is 7.63. The number of hydrogen-bond donors (Lipinski definition) is 0. The monoisotopic (exact) mass is 345 g/mol. The van der Waals surface area contributed by atoms with Crippen molar-refractivity contribution in [2.75, 3.05) is 0 Å². The smallest absolute Gasteiger partial charge is 0.198 e. The second-order valence-corrected chi connectivity index (χ2v) is 8.08. The maximum absolute atomic E-state index is 8.59. The average Bonchev–Trinajstić information content (AvgIpc) is 2.68. The van der Waals surface area contributed by atoms with Gasteiger partial charge in [0.05, 0.1) is 6.76 Å². The van der Waals surface area contributed by atoms with Crippen molar-refractivity contribution in [3.8, 4) is 11.3 Å². The molecule has 0 aliphatic heterocycles. The van der Waals surface area contributed by atoms with Gasteiger partial charge in [-0.2, -0.15) is 4.57 Å². The fourth-order valence-electron chi connectivity index (χ4n) is 4.50. The van der Waals surface area contributed by atoms with E-state index >= 15 is 0 Å². The first kappa shape index (κ1) is 16.1. The molecule has 0 atom stereocenters. The molecule has 1 aliphatic carbocycles. The van der Waals surface area contributed by atoms with E-state index in [-0.39, 0.29) is 0 Å². The minimum Gasteiger partial charge on any atom is -0.198 e. The third-order valence-electron chi connectivity index (χ3n) is 6.18. The Morgan fingerprint density at radius 3 is 2.50 bits per heavy atom. The summed E-state index contributed by atoms with van der Waals surface area (Å²) < 4.78 is 10.8. The van der Waals surface area contributed by atoms with Crippen molar-refractivity contribution in [2.24, 2.45) is 7.05 Å². The molecule has 0 radical (unpaired) electrons. The molecule has 1 heteroatoms. The van der Waals surface area contributed by atoms with Gasteiger partial charge in [-0.15, -0.1) is 0 Å². The van der Waals surface area contributed by atoms with E-state index in [0.717, 1.165) is 11.1 Å². The fourth-order valence-corrected chi connectivity index (χ4v) is 4.50. The number of aryl methyl sites for hydroxylation is 2. The predicted molar refractivity (Wildman–Crippen MR) is 111 cm³/mol. The van der Waals surface area contributed by atoms with Gasteiger partial charge in [0.1, 0.15) is 7.05 Å². The van der Waals surface area contributed by atoms with Crippen molar-refractivity contribution in [1.82, 2.24) is 0 Å². The number of hydrogen-bond acceptors (Lipinski definition) is 0. The summed E-state index contributed by atoms with van der Waals surface area (Å²) in [5.74, 6) is 0.702. The average molecular weight is 346 g/mol. The molecule has 0 N–H and O–H groups in total. The van der Waals surface area contributed by atoms with Gasteiger partial charge >= 0.3 is 0 Å². The number of rotatable bonds is 2. The number of fused-ring (bicyclic) bond motifs is 1. The van der Waals surface area contributed by atoms with E-state index in [1.165, 1.54) is 65.4 Å². The molecule has 26 heavy (non-hydrogen) atoms. The lowest BCUT2D eigenvalue weighted by atomic mass is 9.82. The zero-order chi connectivity index (χ0) is 19.1. The van der Waals surface area contributed by atoms with Gasteiger partial charge < -0.3 is 0 Å². The van der Waals surface area contributed by atoms with Gasteiger partial charge in [-0.05, 0) is 61.3 Å². The number of nitrogens with zero attached hydrogens (tertiary/aromatic N) is 1. The summed E-state index contributed by atoms with van der Waals surface area (Å²) in [6.45, 7) is 6.41. The van der Waals surface area contributed by atoms with Crippen LogP contribution in [0.15, 0.2) is 42.4 Å². The van der Waals surface area contributed by atoms with Crippen LogP contribution in [0.3, 0.4) is 0 Å². The molecule has 1 fully saturated rings. The van der Waals surface area contributed by atoms with Crippen LogP contribution < -0.4 is 4.57 Å². The summed E-state index contributed by atoms with van der Waals surface area (Å²) in [6.07, 6.45) is 6.74. The Bertz CT molecular complexity index is 1010. The predicted octanol–water partition coefficient (Wildman–Crippen LogP) is 6.30. The van der Waals surface area contributed by atoms with Crippen molar-refractivity contribution >= 4 is 10.8 Å². The first-order chi connectivity index (χ1) is 13.0. The topological polar surface area (TPSA) is 3.88 Å². The Hall–Kier alpha value is -2.15. The highest BCUT2D eigenvalue weighted by Gasteiger charge is 2.22. The van der Waals surface area contributed by atoms with E-state index in [1.807, 2.05) is 0 Å². The highest BCUT2D eigenvalue weighted by molar-refractivity contribution is 5.94. The molecule has 1 aromatic heterocycles. The quantitative estimate of drug-likeness (QED) is 0.480. The normalized spacial score (nSPS) is 16.1. The summed E-state index contributed by atoms with van der Waals surface area (Å²) in [7, 11) is 2.11. The lowest BCUT2D eigenvalue weighted by molar-refractivity contribution is -0.665. The van der Waals surface area contributed by atoms with Crippen molar-refractivity contribution in [2.45, 2.75) is 58.8 Å². The molecule has 0 amide bonds. The minimum absolute atomic E-state index is 0.636. The van der Waals surface area contributed by atoms with Crippen molar-refractivity contribution in [1.29, 1.82) is 0 Å². The second kappa shape index (κ2) is 6.87. The van der Waals surface area contributed by atoms with Crippen molar-refractivity contribution in [3.63, 3.8) is 0 Å². The third kappa shape index (κ3) is 3.05. The summed E-state index contributed by atoms with van der Waals surface area (Å²) >= 11 is 0. The van der Waals surface area contributed by atoms with Crippen LogP contribution in [0.25, 0.3) is 22.0 Å². The molecule has 1 aliphatic rings. The van der Waals surface area contributed by atoms with Crippen LogP contribution in [0, 0.1) is 20.8 Å². The number of pyridine rings is 1. The SMILES string of the molecule is [2H]c1c(C)[n+](C)c(-c2cc(C3CCCCC3)ccc2C)c2cc(C)ccc12.